The monoisotopic (exact) mass is 382 g/mol. The van der Waals surface area contributed by atoms with Gasteiger partial charge in [-0.2, -0.15) is 0 Å². The van der Waals surface area contributed by atoms with Gasteiger partial charge in [0.2, 0.25) is 0 Å². The number of carbonyl (C=O) groups excluding carboxylic acids is 1. The quantitative estimate of drug-likeness (QED) is 0.716. The number of benzene rings is 1. The lowest BCUT2D eigenvalue weighted by Gasteiger charge is -2.05. The lowest BCUT2D eigenvalue weighted by atomic mass is 10.2. The third-order valence-corrected chi connectivity index (χ3v) is 4.54. The Balaban J connectivity index is 2.27. The second-order valence-electron chi connectivity index (χ2n) is 4.55. The van der Waals surface area contributed by atoms with Gasteiger partial charge in [-0.05, 0) is 30.2 Å². The van der Waals surface area contributed by atoms with Crippen molar-refractivity contribution in [1.82, 2.24) is 5.32 Å². The van der Waals surface area contributed by atoms with E-state index in [1.807, 2.05) is 31.2 Å². The highest BCUT2D eigenvalue weighted by atomic mass is 79.9. The second-order valence-corrected chi connectivity index (χ2v) is 6.51. The van der Waals surface area contributed by atoms with Crippen LogP contribution in [0.3, 0.4) is 0 Å². The number of nitrogens with one attached hydrogen (secondary N) is 2. The van der Waals surface area contributed by atoms with Crippen LogP contribution in [0.2, 0.25) is 0 Å². The summed E-state index contributed by atoms with van der Waals surface area (Å²) in [4.78, 5) is 24.0. The summed E-state index contributed by atoms with van der Waals surface area (Å²) in [7, 11) is 0. The van der Waals surface area contributed by atoms with E-state index >= 15 is 0 Å². The number of carboxylic acid groups (broad SMARTS) is 1. The van der Waals surface area contributed by atoms with E-state index in [1.54, 1.807) is 6.07 Å². The molecule has 0 saturated carbocycles. The molecule has 0 spiro atoms. The van der Waals surface area contributed by atoms with E-state index in [0.29, 0.717) is 12.2 Å². The molecule has 0 aliphatic heterocycles. The number of halogens is 1. The minimum absolute atomic E-state index is 0.115. The lowest BCUT2D eigenvalue weighted by Crippen LogP contribution is -2.29. The maximum Gasteiger partial charge on any atom is 0.348 e. The zero-order chi connectivity index (χ0) is 16.1. The van der Waals surface area contributed by atoms with Crippen LogP contribution in [0, 0.1) is 0 Å². The molecule has 22 heavy (non-hydrogen) atoms. The number of hydrogen-bond acceptors (Lipinski definition) is 3. The lowest BCUT2D eigenvalue weighted by molar-refractivity contribution is 0.0703. The molecule has 0 bridgehead atoms. The fourth-order valence-corrected chi connectivity index (χ4v) is 3.03. The maximum absolute atomic E-state index is 11.7. The first-order valence-corrected chi connectivity index (χ1v) is 8.30. The molecule has 2 amide bonds. The fourth-order valence-electron chi connectivity index (χ4n) is 1.80. The van der Waals surface area contributed by atoms with Gasteiger partial charge in [-0.25, -0.2) is 9.59 Å². The number of carboxylic acids is 1. The van der Waals surface area contributed by atoms with Crippen molar-refractivity contribution in [1.29, 1.82) is 0 Å². The van der Waals surface area contributed by atoms with Crippen LogP contribution in [0.15, 0.2) is 34.8 Å². The Labute approximate surface area is 140 Å². The molecule has 2 aromatic rings. The van der Waals surface area contributed by atoms with Crippen LogP contribution in [0.5, 0.6) is 0 Å². The van der Waals surface area contributed by atoms with Crippen molar-refractivity contribution < 1.29 is 14.7 Å². The van der Waals surface area contributed by atoms with Crippen molar-refractivity contribution in [3.8, 4) is 10.4 Å². The van der Waals surface area contributed by atoms with Crippen molar-refractivity contribution in [3.63, 3.8) is 0 Å². The Morgan fingerprint density at radius 1 is 1.27 bits per heavy atom. The smallest absolute Gasteiger partial charge is 0.348 e. The molecular weight excluding hydrogens is 368 g/mol. The van der Waals surface area contributed by atoms with Crippen molar-refractivity contribution in [2.45, 2.75) is 13.3 Å². The van der Waals surface area contributed by atoms with Gasteiger partial charge in [-0.1, -0.05) is 35.0 Å². The average Bonchev–Trinajstić information content (AvgIpc) is 2.90. The zero-order valence-electron chi connectivity index (χ0n) is 11.9. The number of carbonyl (C=O) groups is 2. The van der Waals surface area contributed by atoms with E-state index in [2.05, 4.69) is 26.6 Å². The molecule has 1 aromatic carbocycles. The molecule has 3 N–H and O–H groups in total. The molecule has 0 unspecified atom stereocenters. The largest absolute Gasteiger partial charge is 0.477 e. The summed E-state index contributed by atoms with van der Waals surface area (Å²) in [5.41, 5.74) is 1.21. The minimum Gasteiger partial charge on any atom is -0.477 e. The van der Waals surface area contributed by atoms with Gasteiger partial charge in [0.05, 0.1) is 5.69 Å². The highest BCUT2D eigenvalue weighted by Gasteiger charge is 2.18. The van der Waals surface area contributed by atoms with E-state index in [0.717, 1.165) is 32.7 Å². The number of hydrogen-bond donors (Lipinski definition) is 3. The summed E-state index contributed by atoms with van der Waals surface area (Å²) in [5.74, 6) is -1.06. The Kier molecular flexibility index (Phi) is 5.57. The molecule has 0 saturated heterocycles. The van der Waals surface area contributed by atoms with Gasteiger partial charge >= 0.3 is 12.0 Å². The molecule has 7 heteroatoms. The molecule has 1 aromatic heterocycles. The Hall–Kier alpha value is -1.86. The van der Waals surface area contributed by atoms with Crippen molar-refractivity contribution >= 4 is 45.0 Å². The van der Waals surface area contributed by atoms with Crippen LogP contribution < -0.4 is 10.6 Å². The Bertz CT molecular complexity index is 683. The van der Waals surface area contributed by atoms with Gasteiger partial charge < -0.3 is 15.7 Å². The fraction of sp³-hybridized carbons (Fsp3) is 0.200. The summed E-state index contributed by atoms with van der Waals surface area (Å²) in [5, 5.41) is 14.5. The van der Waals surface area contributed by atoms with Gasteiger partial charge in [0.1, 0.15) is 4.88 Å². The first-order chi connectivity index (χ1) is 10.5. The molecular formula is C15H15BrN2O3S. The first-order valence-electron chi connectivity index (χ1n) is 6.69. The van der Waals surface area contributed by atoms with Crippen molar-refractivity contribution in [2.24, 2.45) is 0 Å². The first kappa shape index (κ1) is 16.5. The SMILES string of the molecule is CCCNC(=O)Nc1cc(-c2ccc(Br)cc2)sc1C(=O)O. The number of anilines is 1. The van der Waals surface area contributed by atoms with Crippen molar-refractivity contribution in [2.75, 3.05) is 11.9 Å². The molecule has 2 rings (SSSR count). The summed E-state index contributed by atoms with van der Waals surface area (Å²) < 4.78 is 0.948. The molecule has 0 aliphatic carbocycles. The highest BCUT2D eigenvalue weighted by Crippen LogP contribution is 2.35. The van der Waals surface area contributed by atoms with Crippen LogP contribution in [0.1, 0.15) is 23.0 Å². The Morgan fingerprint density at radius 2 is 1.95 bits per heavy atom. The van der Waals surface area contributed by atoms with Crippen molar-refractivity contribution in [3.05, 3.63) is 39.7 Å². The van der Waals surface area contributed by atoms with E-state index < -0.39 is 12.0 Å². The predicted molar refractivity (Wildman–Crippen MR) is 91.7 cm³/mol. The van der Waals surface area contributed by atoms with Crippen LogP contribution >= 0.6 is 27.3 Å². The predicted octanol–water partition coefficient (Wildman–Crippen LogP) is 4.41. The number of amides is 2. The Morgan fingerprint density at radius 3 is 2.55 bits per heavy atom. The van der Waals surface area contributed by atoms with E-state index in [9.17, 15) is 14.7 Å². The number of rotatable bonds is 5. The van der Waals surface area contributed by atoms with Gasteiger partial charge in [0.25, 0.3) is 0 Å². The molecule has 0 radical (unpaired) electrons. The summed E-state index contributed by atoms with van der Waals surface area (Å²) in [6.07, 6.45) is 0.812. The van der Waals surface area contributed by atoms with Crippen LogP contribution in [-0.4, -0.2) is 23.7 Å². The van der Waals surface area contributed by atoms with Gasteiger partial charge in [0.15, 0.2) is 0 Å². The average molecular weight is 383 g/mol. The van der Waals surface area contributed by atoms with Crippen LogP contribution in [0.25, 0.3) is 10.4 Å². The highest BCUT2D eigenvalue weighted by molar-refractivity contribution is 9.10. The zero-order valence-corrected chi connectivity index (χ0v) is 14.3. The van der Waals surface area contributed by atoms with E-state index in [1.165, 1.54) is 0 Å². The molecule has 116 valence electrons. The molecule has 1 heterocycles. The summed E-state index contributed by atoms with van der Waals surface area (Å²) >= 11 is 4.50. The third kappa shape index (κ3) is 4.08. The standard InChI is InChI=1S/C15H15BrN2O3S/c1-2-7-17-15(21)18-11-8-12(22-13(11)14(19)20)9-3-5-10(16)6-4-9/h3-6,8H,2,7H2,1H3,(H,19,20)(H2,17,18,21). The number of aromatic carboxylic acids is 1. The summed E-state index contributed by atoms with van der Waals surface area (Å²) in [6, 6.07) is 8.84. The summed E-state index contributed by atoms with van der Waals surface area (Å²) in [6.45, 7) is 2.48. The van der Waals surface area contributed by atoms with Gasteiger partial charge in [0, 0.05) is 15.9 Å². The van der Waals surface area contributed by atoms with E-state index in [4.69, 9.17) is 0 Å². The van der Waals surface area contributed by atoms with Gasteiger partial charge in [-0.15, -0.1) is 11.3 Å². The van der Waals surface area contributed by atoms with Gasteiger partial charge in [-0.3, -0.25) is 0 Å². The number of thiophene rings is 1. The normalized spacial score (nSPS) is 10.3. The maximum atomic E-state index is 11.7. The van der Waals surface area contributed by atoms with Crippen LogP contribution in [0.4, 0.5) is 10.5 Å². The third-order valence-electron chi connectivity index (χ3n) is 2.84. The molecule has 0 aliphatic rings. The number of urea groups is 1. The van der Waals surface area contributed by atoms with E-state index in [-0.39, 0.29) is 4.88 Å². The molecule has 5 nitrogen and oxygen atoms in total. The molecule has 0 atom stereocenters. The van der Waals surface area contributed by atoms with Crippen LogP contribution in [-0.2, 0) is 0 Å². The topological polar surface area (TPSA) is 78.4 Å². The second kappa shape index (κ2) is 7.42. The molecule has 0 fully saturated rings. The minimum atomic E-state index is -1.06.